The molecule has 2 heterocycles. The molecular weight excluding hydrogens is 418 g/mol. The van der Waals surface area contributed by atoms with E-state index in [9.17, 15) is 14.4 Å². The first kappa shape index (κ1) is 20.5. The van der Waals surface area contributed by atoms with Gasteiger partial charge in [0.2, 0.25) is 4.74 Å². The summed E-state index contributed by atoms with van der Waals surface area (Å²) in [4.78, 5) is 42.3. The summed E-state index contributed by atoms with van der Waals surface area (Å²) in [6.45, 7) is 0.472. The number of methoxy groups -OCH3 is 2. The first-order chi connectivity index (χ1) is 15.0. The minimum atomic E-state index is -0.388. The van der Waals surface area contributed by atoms with E-state index in [1.807, 2.05) is 6.07 Å². The van der Waals surface area contributed by atoms with E-state index in [2.05, 4.69) is 10.3 Å². The van der Waals surface area contributed by atoms with Crippen LogP contribution in [0, 0.1) is 0 Å². The fourth-order valence-electron chi connectivity index (χ4n) is 3.35. The Kier molecular flexibility index (Phi) is 5.68. The largest absolute Gasteiger partial charge is 0.493 e. The Balaban J connectivity index is 1.53. The van der Waals surface area contributed by atoms with E-state index in [1.165, 1.54) is 25.1 Å². The third kappa shape index (κ3) is 3.87. The number of carbonyl (C=O) groups is 1. The van der Waals surface area contributed by atoms with Crippen LogP contribution in [0.5, 0.6) is 11.5 Å². The minimum Gasteiger partial charge on any atom is -0.493 e. The number of nitrogens with zero attached hydrogens (tertiary/aromatic N) is 2. The number of nitrogens with one attached hydrogen (secondary N) is 1. The second-order valence-corrected chi connectivity index (χ2v) is 7.69. The van der Waals surface area contributed by atoms with Crippen LogP contribution in [0.15, 0.2) is 58.4 Å². The number of aromatic nitrogens is 2. The Morgan fingerprint density at radius 2 is 1.94 bits per heavy atom. The molecule has 0 atom stereocenters. The van der Waals surface area contributed by atoms with Crippen LogP contribution in [0.1, 0.15) is 9.67 Å². The molecule has 158 valence electrons. The molecule has 0 aliphatic carbocycles. The number of ether oxygens (including phenoxy) is 2. The number of hydrogen-bond acceptors (Lipinski definition) is 7. The molecule has 0 fully saturated rings. The number of rotatable bonds is 6. The molecule has 0 saturated heterocycles. The first-order valence-electron chi connectivity index (χ1n) is 9.44. The Hall–Kier alpha value is -3.72. The van der Waals surface area contributed by atoms with Crippen LogP contribution >= 0.6 is 11.3 Å². The van der Waals surface area contributed by atoms with Crippen molar-refractivity contribution in [1.29, 1.82) is 0 Å². The third-order valence-electron chi connectivity index (χ3n) is 4.86. The second-order valence-electron chi connectivity index (χ2n) is 6.68. The number of para-hydroxylation sites is 1. The molecule has 31 heavy (non-hydrogen) atoms. The van der Waals surface area contributed by atoms with E-state index in [0.717, 1.165) is 11.3 Å². The van der Waals surface area contributed by atoms with Crippen molar-refractivity contribution in [2.75, 3.05) is 20.8 Å². The summed E-state index contributed by atoms with van der Waals surface area (Å²) in [6.07, 6.45) is 1.46. The van der Waals surface area contributed by atoms with Crippen molar-refractivity contribution >= 4 is 38.9 Å². The van der Waals surface area contributed by atoms with Crippen LogP contribution in [0.2, 0.25) is 0 Å². The summed E-state index contributed by atoms with van der Waals surface area (Å²) < 4.78 is 11.7. The van der Waals surface area contributed by atoms with Crippen molar-refractivity contribution < 1.29 is 14.3 Å². The highest BCUT2D eigenvalue weighted by molar-refractivity contribution is 7.12. The van der Waals surface area contributed by atoms with Gasteiger partial charge in [0.25, 0.3) is 11.5 Å². The molecule has 0 radical (unpaired) electrons. The highest BCUT2D eigenvalue weighted by Crippen LogP contribution is 2.34. The fraction of sp³-hybridized carbons (Fsp3) is 0.182. The molecule has 4 aromatic rings. The average Bonchev–Trinajstić information content (AvgIpc) is 2.79. The van der Waals surface area contributed by atoms with Gasteiger partial charge in [0, 0.05) is 13.1 Å². The van der Waals surface area contributed by atoms with Crippen LogP contribution in [0.4, 0.5) is 0 Å². The van der Waals surface area contributed by atoms with Crippen molar-refractivity contribution in [3.05, 3.63) is 73.6 Å². The van der Waals surface area contributed by atoms with Gasteiger partial charge in [0.15, 0.2) is 11.5 Å². The molecule has 2 aromatic carbocycles. The number of carbonyl (C=O) groups excluding carboxylic acids is 1. The zero-order chi connectivity index (χ0) is 22.0. The van der Waals surface area contributed by atoms with E-state index in [0.29, 0.717) is 33.2 Å². The summed E-state index contributed by atoms with van der Waals surface area (Å²) in [5.41, 5.74) is 0.456. The number of benzene rings is 2. The lowest BCUT2D eigenvalue weighted by molar-refractivity contribution is 0.0956. The van der Waals surface area contributed by atoms with Gasteiger partial charge in [-0.05, 0) is 29.7 Å². The normalized spacial score (nSPS) is 10.9. The molecule has 0 unspecified atom stereocenters. The Morgan fingerprint density at radius 3 is 2.71 bits per heavy atom. The van der Waals surface area contributed by atoms with E-state index in [4.69, 9.17) is 9.47 Å². The maximum atomic E-state index is 12.7. The van der Waals surface area contributed by atoms with Crippen LogP contribution in [-0.4, -0.2) is 36.2 Å². The van der Waals surface area contributed by atoms with E-state index >= 15 is 0 Å². The molecule has 0 saturated carbocycles. The van der Waals surface area contributed by atoms with E-state index in [1.54, 1.807) is 36.4 Å². The molecule has 1 N–H and O–H groups in total. The van der Waals surface area contributed by atoms with Gasteiger partial charge in [-0.25, -0.2) is 4.98 Å². The smallest absolute Gasteiger partial charge is 0.261 e. The SMILES string of the molecule is COc1ccc2cc(C(=O)NCCn3cnc4ccccc4c3=O)sc(=O)c2c1OC. The fourth-order valence-corrected chi connectivity index (χ4v) is 4.21. The number of fused-ring (bicyclic) bond motifs is 2. The van der Waals surface area contributed by atoms with Gasteiger partial charge < -0.3 is 14.8 Å². The van der Waals surface area contributed by atoms with Crippen molar-refractivity contribution in [3.8, 4) is 11.5 Å². The predicted octanol–water partition coefficient (Wildman–Crippen LogP) is 2.42. The molecule has 2 aromatic heterocycles. The van der Waals surface area contributed by atoms with E-state index in [-0.39, 0.29) is 34.2 Å². The van der Waals surface area contributed by atoms with Gasteiger partial charge in [0.05, 0.1) is 41.7 Å². The second kappa shape index (κ2) is 8.57. The lowest BCUT2D eigenvalue weighted by atomic mass is 10.1. The monoisotopic (exact) mass is 437 g/mol. The van der Waals surface area contributed by atoms with E-state index < -0.39 is 0 Å². The van der Waals surface area contributed by atoms with Crippen molar-refractivity contribution in [3.63, 3.8) is 0 Å². The molecule has 0 aliphatic rings. The summed E-state index contributed by atoms with van der Waals surface area (Å²) in [6, 6.07) is 12.1. The maximum Gasteiger partial charge on any atom is 0.261 e. The molecule has 9 heteroatoms. The van der Waals surface area contributed by atoms with Crippen LogP contribution < -0.4 is 25.1 Å². The van der Waals surface area contributed by atoms with Crippen molar-refractivity contribution in [2.45, 2.75) is 6.54 Å². The lowest BCUT2D eigenvalue weighted by Gasteiger charge is -2.11. The topological polar surface area (TPSA) is 99.5 Å². The zero-order valence-electron chi connectivity index (χ0n) is 16.9. The third-order valence-corrected chi connectivity index (χ3v) is 5.78. The van der Waals surface area contributed by atoms with Crippen molar-refractivity contribution in [1.82, 2.24) is 14.9 Å². The minimum absolute atomic E-state index is 0.170. The maximum absolute atomic E-state index is 12.7. The average molecular weight is 437 g/mol. The predicted molar refractivity (Wildman–Crippen MR) is 120 cm³/mol. The highest BCUT2D eigenvalue weighted by atomic mass is 32.1. The molecule has 0 bridgehead atoms. The number of amides is 1. The van der Waals surface area contributed by atoms with Gasteiger partial charge in [-0.3, -0.25) is 19.0 Å². The summed E-state index contributed by atoms with van der Waals surface area (Å²) in [5, 5.41) is 4.23. The standard InChI is InChI=1S/C22H19N3O5S/c1-29-16-8-7-13-11-17(31-22(28)18(13)19(16)30-2)20(26)23-9-10-25-12-24-15-6-4-3-5-14(15)21(25)27/h3-8,11-12H,9-10H2,1-2H3,(H,23,26). The molecule has 0 spiro atoms. The van der Waals surface area contributed by atoms with Gasteiger partial charge in [-0.15, -0.1) is 0 Å². The van der Waals surface area contributed by atoms with Gasteiger partial charge in [-0.2, -0.15) is 0 Å². The van der Waals surface area contributed by atoms with Gasteiger partial charge in [0.1, 0.15) is 0 Å². The molecular formula is C22H19N3O5S. The summed E-state index contributed by atoms with van der Waals surface area (Å²) in [5.74, 6) is 0.405. The molecule has 4 rings (SSSR count). The highest BCUT2D eigenvalue weighted by Gasteiger charge is 2.16. The quantitative estimate of drug-likeness (QED) is 0.497. The Labute approximate surface area is 180 Å². The van der Waals surface area contributed by atoms with Gasteiger partial charge in [-0.1, -0.05) is 29.5 Å². The summed E-state index contributed by atoms with van der Waals surface area (Å²) >= 11 is 0.831. The van der Waals surface area contributed by atoms with Crippen LogP contribution in [0.25, 0.3) is 21.7 Å². The first-order valence-corrected chi connectivity index (χ1v) is 10.3. The zero-order valence-corrected chi connectivity index (χ0v) is 17.7. The lowest BCUT2D eigenvalue weighted by Crippen LogP contribution is -2.31. The van der Waals surface area contributed by atoms with Crippen LogP contribution in [0.3, 0.4) is 0 Å². The summed E-state index contributed by atoms with van der Waals surface area (Å²) in [7, 11) is 2.96. The van der Waals surface area contributed by atoms with Crippen LogP contribution in [-0.2, 0) is 6.54 Å². The Morgan fingerprint density at radius 1 is 1.13 bits per heavy atom. The molecule has 0 aliphatic heterocycles. The Bertz CT molecular complexity index is 1410. The van der Waals surface area contributed by atoms with Crippen molar-refractivity contribution in [2.24, 2.45) is 0 Å². The van der Waals surface area contributed by atoms with Gasteiger partial charge >= 0.3 is 0 Å². The molecule has 8 nitrogen and oxygen atoms in total. The molecule has 1 amide bonds. The number of hydrogen-bond donors (Lipinski definition) is 1.